The summed E-state index contributed by atoms with van der Waals surface area (Å²) >= 11 is 12.7. The Morgan fingerprint density at radius 1 is 1.40 bits per heavy atom. The van der Waals surface area contributed by atoms with Gasteiger partial charge < -0.3 is 0 Å². The molecule has 0 atom stereocenters. The Labute approximate surface area is 101 Å². The lowest BCUT2D eigenvalue weighted by molar-refractivity contribution is -0.119. The predicted octanol–water partition coefficient (Wildman–Crippen LogP) is 3.61. The van der Waals surface area contributed by atoms with Crippen LogP contribution in [0.1, 0.15) is 29.6 Å². The Kier molecular flexibility index (Phi) is 3.14. The fourth-order valence-corrected chi connectivity index (χ4v) is 2.83. The highest BCUT2D eigenvalue weighted by Crippen LogP contribution is 2.34. The van der Waals surface area contributed by atoms with Gasteiger partial charge in [0.05, 0.1) is 10.8 Å². The Hall–Kier alpha value is -0.380. The van der Waals surface area contributed by atoms with E-state index >= 15 is 0 Å². The van der Waals surface area contributed by atoms with Crippen molar-refractivity contribution >= 4 is 46.1 Å². The first kappa shape index (κ1) is 11.1. The smallest absolute Gasteiger partial charge is 0.172 e. The molecule has 1 heterocycles. The average molecular weight is 263 g/mol. The summed E-state index contributed by atoms with van der Waals surface area (Å²) in [5.74, 6) is -0.0831. The molecular weight excluding hydrogens is 255 g/mol. The lowest BCUT2D eigenvalue weighted by atomic mass is 10.1. The van der Waals surface area contributed by atoms with Crippen LogP contribution in [0, 0.1) is 5.92 Å². The second-order valence-corrected chi connectivity index (χ2v) is 5.86. The predicted molar refractivity (Wildman–Crippen MR) is 61.0 cm³/mol. The van der Waals surface area contributed by atoms with Crippen molar-refractivity contribution in [3.05, 3.63) is 20.3 Å². The number of rotatable bonds is 4. The summed E-state index contributed by atoms with van der Waals surface area (Å²) in [6.45, 7) is 0. The quantitative estimate of drug-likeness (QED) is 0.614. The van der Waals surface area contributed by atoms with E-state index in [-0.39, 0.29) is 23.9 Å². The third kappa shape index (κ3) is 2.60. The summed E-state index contributed by atoms with van der Waals surface area (Å²) in [5.41, 5.74) is 0.376. The number of thiophene rings is 1. The zero-order valence-corrected chi connectivity index (χ0v) is 10.1. The number of carbonyl (C=O) groups is 2. The van der Waals surface area contributed by atoms with Crippen molar-refractivity contribution < 1.29 is 9.59 Å². The van der Waals surface area contributed by atoms with Crippen LogP contribution in [0.3, 0.4) is 0 Å². The standard InChI is InChI=1S/C10H8Cl2O2S/c11-9-3-6(10(12)15-9)8(14)4-7(13)5-1-2-5/h3,5H,1-2,4H2. The molecular formula is C10H8Cl2O2S. The highest BCUT2D eigenvalue weighted by molar-refractivity contribution is 7.20. The molecule has 1 aromatic heterocycles. The van der Waals surface area contributed by atoms with E-state index in [9.17, 15) is 9.59 Å². The van der Waals surface area contributed by atoms with E-state index in [4.69, 9.17) is 23.2 Å². The number of hydrogen-bond donors (Lipinski definition) is 0. The second-order valence-electron chi connectivity index (χ2n) is 3.58. The van der Waals surface area contributed by atoms with Crippen molar-refractivity contribution in [3.63, 3.8) is 0 Å². The Morgan fingerprint density at radius 2 is 2.07 bits per heavy atom. The summed E-state index contributed by atoms with van der Waals surface area (Å²) in [6.07, 6.45) is 1.80. The van der Waals surface area contributed by atoms with Gasteiger partial charge in [-0.3, -0.25) is 9.59 Å². The van der Waals surface area contributed by atoms with Crippen molar-refractivity contribution in [1.82, 2.24) is 0 Å². The number of Topliss-reactive ketones (excluding diaryl/α,β-unsaturated/α-hetero) is 2. The normalized spacial score (nSPS) is 15.3. The summed E-state index contributed by atoms with van der Waals surface area (Å²) in [5, 5.41) is 0. The summed E-state index contributed by atoms with van der Waals surface area (Å²) in [4.78, 5) is 23.1. The van der Waals surface area contributed by atoms with Gasteiger partial charge in [-0.15, -0.1) is 11.3 Å². The third-order valence-corrected chi connectivity index (χ3v) is 3.81. The Balaban J connectivity index is 2.06. The molecule has 0 unspecified atom stereocenters. The molecule has 2 nitrogen and oxygen atoms in total. The zero-order chi connectivity index (χ0) is 11.0. The molecule has 1 aliphatic rings. The van der Waals surface area contributed by atoms with Crippen LogP contribution in [0.25, 0.3) is 0 Å². The largest absolute Gasteiger partial charge is 0.299 e. The number of hydrogen-bond acceptors (Lipinski definition) is 3. The van der Waals surface area contributed by atoms with Crippen molar-refractivity contribution in [1.29, 1.82) is 0 Å². The molecule has 0 amide bonds. The molecule has 0 aliphatic heterocycles. The fraction of sp³-hybridized carbons (Fsp3) is 0.400. The topological polar surface area (TPSA) is 34.1 Å². The van der Waals surface area contributed by atoms with Gasteiger partial charge in [-0.2, -0.15) is 0 Å². The van der Waals surface area contributed by atoms with Crippen LogP contribution in [0.15, 0.2) is 6.07 Å². The van der Waals surface area contributed by atoms with Gasteiger partial charge in [-0.25, -0.2) is 0 Å². The fourth-order valence-electron chi connectivity index (χ4n) is 1.33. The van der Waals surface area contributed by atoms with E-state index in [1.165, 1.54) is 6.07 Å². The van der Waals surface area contributed by atoms with Gasteiger partial charge in [0.15, 0.2) is 5.78 Å². The molecule has 0 bridgehead atoms. The van der Waals surface area contributed by atoms with E-state index in [1.807, 2.05) is 0 Å². The van der Waals surface area contributed by atoms with E-state index in [2.05, 4.69) is 0 Å². The van der Waals surface area contributed by atoms with E-state index in [0.29, 0.717) is 14.2 Å². The first-order valence-electron chi connectivity index (χ1n) is 4.58. The van der Waals surface area contributed by atoms with Crippen LogP contribution < -0.4 is 0 Å². The van der Waals surface area contributed by atoms with Crippen LogP contribution in [0.2, 0.25) is 8.67 Å². The highest BCUT2D eigenvalue weighted by atomic mass is 35.5. The molecule has 15 heavy (non-hydrogen) atoms. The minimum absolute atomic E-state index is 0.0263. The minimum Gasteiger partial charge on any atom is -0.299 e. The molecule has 2 rings (SSSR count). The lowest BCUT2D eigenvalue weighted by Gasteiger charge is -1.97. The summed E-state index contributed by atoms with van der Waals surface area (Å²) < 4.78 is 0.843. The molecule has 5 heteroatoms. The van der Waals surface area contributed by atoms with Crippen LogP contribution in [-0.2, 0) is 4.79 Å². The van der Waals surface area contributed by atoms with Gasteiger partial charge >= 0.3 is 0 Å². The molecule has 1 aromatic rings. The molecule has 0 spiro atoms. The molecule has 0 radical (unpaired) electrons. The molecule has 0 aromatic carbocycles. The summed E-state index contributed by atoms with van der Waals surface area (Å²) in [6, 6.07) is 1.52. The highest BCUT2D eigenvalue weighted by Gasteiger charge is 2.31. The zero-order valence-electron chi connectivity index (χ0n) is 7.76. The van der Waals surface area contributed by atoms with Crippen LogP contribution in [0.4, 0.5) is 0 Å². The van der Waals surface area contributed by atoms with E-state index in [0.717, 1.165) is 24.2 Å². The first-order valence-corrected chi connectivity index (χ1v) is 6.16. The SMILES string of the molecule is O=C(CC(=O)C1CC1)c1cc(Cl)sc1Cl. The third-order valence-electron chi connectivity index (χ3n) is 2.32. The Morgan fingerprint density at radius 3 is 2.53 bits per heavy atom. The lowest BCUT2D eigenvalue weighted by Crippen LogP contribution is -2.09. The Bertz CT molecular complexity index is 421. The molecule has 0 N–H and O–H groups in total. The van der Waals surface area contributed by atoms with Gasteiger partial charge in [0.2, 0.25) is 0 Å². The van der Waals surface area contributed by atoms with E-state index in [1.54, 1.807) is 0 Å². The second kappa shape index (κ2) is 4.24. The monoisotopic (exact) mass is 262 g/mol. The van der Waals surface area contributed by atoms with Crippen molar-refractivity contribution in [2.45, 2.75) is 19.3 Å². The van der Waals surface area contributed by atoms with Gasteiger partial charge in [0.1, 0.15) is 10.1 Å². The number of ketones is 2. The van der Waals surface area contributed by atoms with Crippen molar-refractivity contribution in [3.8, 4) is 0 Å². The molecule has 1 aliphatic carbocycles. The van der Waals surface area contributed by atoms with Crippen LogP contribution in [-0.4, -0.2) is 11.6 Å². The molecule has 1 fully saturated rings. The van der Waals surface area contributed by atoms with E-state index < -0.39 is 0 Å². The van der Waals surface area contributed by atoms with Crippen LogP contribution in [0.5, 0.6) is 0 Å². The number of halogens is 2. The van der Waals surface area contributed by atoms with Gasteiger partial charge in [0, 0.05) is 11.5 Å². The summed E-state index contributed by atoms with van der Waals surface area (Å²) in [7, 11) is 0. The minimum atomic E-state index is -0.222. The van der Waals surface area contributed by atoms with Crippen molar-refractivity contribution in [2.75, 3.05) is 0 Å². The average Bonchev–Trinajstić information content (AvgIpc) is 2.92. The number of carbonyl (C=O) groups excluding carboxylic acids is 2. The van der Waals surface area contributed by atoms with Crippen molar-refractivity contribution in [2.24, 2.45) is 5.92 Å². The maximum Gasteiger partial charge on any atom is 0.172 e. The first-order chi connectivity index (χ1) is 7.08. The maximum atomic E-state index is 11.7. The van der Waals surface area contributed by atoms with Gasteiger partial charge in [-0.1, -0.05) is 23.2 Å². The molecule has 80 valence electrons. The van der Waals surface area contributed by atoms with Crippen LogP contribution >= 0.6 is 34.5 Å². The molecule has 1 saturated carbocycles. The molecule has 0 saturated heterocycles. The van der Waals surface area contributed by atoms with Gasteiger partial charge in [-0.05, 0) is 18.9 Å². The maximum absolute atomic E-state index is 11.7. The van der Waals surface area contributed by atoms with Gasteiger partial charge in [0.25, 0.3) is 0 Å².